The summed E-state index contributed by atoms with van der Waals surface area (Å²) in [5.74, 6) is 0.918. The van der Waals surface area contributed by atoms with Crippen molar-refractivity contribution in [3.8, 4) is 11.3 Å². The van der Waals surface area contributed by atoms with Crippen LogP contribution in [0, 0.1) is 13.8 Å². The lowest BCUT2D eigenvalue weighted by Gasteiger charge is -2.09. The fourth-order valence-electron chi connectivity index (χ4n) is 1.80. The van der Waals surface area contributed by atoms with Crippen molar-refractivity contribution in [2.45, 2.75) is 13.8 Å². The highest BCUT2D eigenvalue weighted by atomic mass is 79.9. The number of anilines is 1. The number of rotatable bonds is 2. The van der Waals surface area contributed by atoms with Gasteiger partial charge < -0.3 is 4.90 Å². The smallest absolute Gasteiger partial charge is 0.164 e. The third kappa shape index (κ3) is 2.22. The summed E-state index contributed by atoms with van der Waals surface area (Å²) in [5, 5.41) is 7.42. The number of H-pyrrole nitrogens is 1. The minimum absolute atomic E-state index is 0.918. The zero-order chi connectivity index (χ0) is 12.6. The van der Waals surface area contributed by atoms with E-state index in [-0.39, 0.29) is 0 Å². The number of hydrogen-bond donors (Lipinski definition) is 1. The van der Waals surface area contributed by atoms with Crippen LogP contribution >= 0.6 is 15.9 Å². The fourth-order valence-corrected chi connectivity index (χ4v) is 2.54. The van der Waals surface area contributed by atoms with Gasteiger partial charge in [-0.3, -0.25) is 5.10 Å². The van der Waals surface area contributed by atoms with Crippen LogP contribution in [0.15, 0.2) is 22.7 Å². The van der Waals surface area contributed by atoms with E-state index in [1.54, 1.807) is 0 Å². The zero-order valence-corrected chi connectivity index (χ0v) is 12.1. The first-order valence-corrected chi connectivity index (χ1v) is 6.29. The van der Waals surface area contributed by atoms with Crippen LogP contribution < -0.4 is 4.90 Å². The van der Waals surface area contributed by atoms with E-state index in [0.717, 1.165) is 16.0 Å². The summed E-state index contributed by atoms with van der Waals surface area (Å²) in [6, 6.07) is 6.43. The Bertz CT molecular complexity index is 544. The van der Waals surface area contributed by atoms with Crippen molar-refractivity contribution in [3.63, 3.8) is 0 Å². The normalized spacial score (nSPS) is 10.6. The van der Waals surface area contributed by atoms with Crippen molar-refractivity contribution in [3.05, 3.63) is 33.8 Å². The van der Waals surface area contributed by atoms with Gasteiger partial charge in [-0.2, -0.15) is 5.10 Å². The molecule has 2 aromatic rings. The van der Waals surface area contributed by atoms with Gasteiger partial charge in [-0.1, -0.05) is 17.7 Å². The van der Waals surface area contributed by atoms with Gasteiger partial charge in [0.25, 0.3) is 0 Å². The van der Waals surface area contributed by atoms with Crippen LogP contribution in [0.4, 0.5) is 5.82 Å². The molecule has 0 aliphatic carbocycles. The predicted molar refractivity (Wildman–Crippen MR) is 75.5 cm³/mol. The van der Waals surface area contributed by atoms with Gasteiger partial charge in [0.15, 0.2) is 5.82 Å². The van der Waals surface area contributed by atoms with E-state index in [1.165, 1.54) is 16.7 Å². The molecule has 4 heteroatoms. The number of nitrogens with one attached hydrogen (secondary N) is 1. The molecule has 90 valence electrons. The molecule has 0 spiro atoms. The predicted octanol–water partition coefficient (Wildman–Crippen LogP) is 3.52. The van der Waals surface area contributed by atoms with E-state index in [9.17, 15) is 0 Å². The van der Waals surface area contributed by atoms with Gasteiger partial charge in [0.1, 0.15) is 0 Å². The van der Waals surface area contributed by atoms with Crippen LogP contribution in [0.25, 0.3) is 11.3 Å². The molecule has 0 bridgehead atoms. The standard InChI is InChI=1S/C13H16BrN3/c1-8-5-6-9(2)10(7-8)12-11(14)13(16-15-12)17(3)4/h5-7H,1-4H3,(H,15,16). The number of aryl methyl sites for hydroxylation is 2. The molecule has 0 atom stereocenters. The molecule has 2 rings (SSSR count). The van der Waals surface area contributed by atoms with E-state index >= 15 is 0 Å². The third-order valence-electron chi connectivity index (χ3n) is 2.78. The summed E-state index contributed by atoms with van der Waals surface area (Å²) in [7, 11) is 3.96. The molecular weight excluding hydrogens is 278 g/mol. The second kappa shape index (κ2) is 4.53. The Morgan fingerprint density at radius 2 is 1.94 bits per heavy atom. The summed E-state index contributed by atoms with van der Waals surface area (Å²) in [5.41, 5.74) is 4.72. The molecule has 0 saturated carbocycles. The monoisotopic (exact) mass is 293 g/mol. The first kappa shape index (κ1) is 12.2. The first-order valence-electron chi connectivity index (χ1n) is 5.49. The van der Waals surface area contributed by atoms with Crippen LogP contribution in [0.2, 0.25) is 0 Å². The van der Waals surface area contributed by atoms with Crippen molar-refractivity contribution >= 4 is 21.7 Å². The lowest BCUT2D eigenvalue weighted by Crippen LogP contribution is -2.09. The Hall–Kier alpha value is -1.29. The molecule has 1 N–H and O–H groups in total. The molecule has 0 saturated heterocycles. The van der Waals surface area contributed by atoms with Gasteiger partial charge >= 0.3 is 0 Å². The Morgan fingerprint density at radius 1 is 1.24 bits per heavy atom. The van der Waals surface area contributed by atoms with Crippen molar-refractivity contribution < 1.29 is 0 Å². The first-order chi connectivity index (χ1) is 8.00. The van der Waals surface area contributed by atoms with Gasteiger partial charge in [0, 0.05) is 19.7 Å². The van der Waals surface area contributed by atoms with E-state index in [4.69, 9.17) is 0 Å². The van der Waals surface area contributed by atoms with Crippen molar-refractivity contribution in [2.24, 2.45) is 0 Å². The quantitative estimate of drug-likeness (QED) is 0.919. The van der Waals surface area contributed by atoms with Crippen molar-refractivity contribution in [1.29, 1.82) is 0 Å². The second-order valence-electron chi connectivity index (χ2n) is 4.45. The van der Waals surface area contributed by atoms with Gasteiger partial charge in [0.2, 0.25) is 0 Å². The topological polar surface area (TPSA) is 31.9 Å². The molecule has 0 aliphatic rings. The molecule has 1 aromatic heterocycles. The minimum Gasteiger partial charge on any atom is -0.360 e. The van der Waals surface area contributed by atoms with Crippen LogP contribution in [0.1, 0.15) is 11.1 Å². The highest BCUT2D eigenvalue weighted by Crippen LogP contribution is 2.34. The highest BCUT2D eigenvalue weighted by Gasteiger charge is 2.15. The maximum atomic E-state index is 4.32. The molecule has 0 aliphatic heterocycles. The Balaban J connectivity index is 2.57. The summed E-state index contributed by atoms with van der Waals surface area (Å²) >= 11 is 3.61. The summed E-state index contributed by atoms with van der Waals surface area (Å²) < 4.78 is 1.01. The number of aromatic amines is 1. The number of aromatic nitrogens is 2. The van der Waals surface area contributed by atoms with Crippen molar-refractivity contribution in [2.75, 3.05) is 19.0 Å². The summed E-state index contributed by atoms with van der Waals surface area (Å²) in [4.78, 5) is 1.98. The zero-order valence-electron chi connectivity index (χ0n) is 10.5. The molecule has 0 radical (unpaired) electrons. The van der Waals surface area contributed by atoms with Gasteiger partial charge in [-0.25, -0.2) is 0 Å². The summed E-state index contributed by atoms with van der Waals surface area (Å²) in [6.07, 6.45) is 0. The second-order valence-corrected chi connectivity index (χ2v) is 5.24. The SMILES string of the molecule is Cc1ccc(C)c(-c2[nH]nc(N(C)C)c2Br)c1. The molecule has 0 unspecified atom stereocenters. The van der Waals surface area contributed by atoms with Crippen molar-refractivity contribution in [1.82, 2.24) is 10.2 Å². The van der Waals surface area contributed by atoms with Gasteiger partial charge in [0.05, 0.1) is 10.2 Å². The maximum Gasteiger partial charge on any atom is 0.164 e. The molecule has 3 nitrogen and oxygen atoms in total. The maximum absolute atomic E-state index is 4.32. The van der Waals surface area contributed by atoms with E-state index in [0.29, 0.717) is 0 Å². The number of hydrogen-bond acceptors (Lipinski definition) is 2. The highest BCUT2D eigenvalue weighted by molar-refractivity contribution is 9.10. The average Bonchev–Trinajstić information content (AvgIpc) is 2.64. The fraction of sp³-hybridized carbons (Fsp3) is 0.308. The Morgan fingerprint density at radius 3 is 2.53 bits per heavy atom. The Kier molecular flexibility index (Phi) is 3.24. The molecule has 0 amide bonds. The molecule has 17 heavy (non-hydrogen) atoms. The van der Waals surface area contributed by atoms with Crippen LogP contribution in [0.5, 0.6) is 0 Å². The Labute approximate surface area is 110 Å². The van der Waals surface area contributed by atoms with Gasteiger partial charge in [-0.15, -0.1) is 0 Å². The third-order valence-corrected chi connectivity index (χ3v) is 3.53. The minimum atomic E-state index is 0.918. The number of halogens is 1. The summed E-state index contributed by atoms with van der Waals surface area (Å²) in [6.45, 7) is 4.21. The van der Waals surface area contributed by atoms with E-state index in [1.807, 2.05) is 19.0 Å². The van der Waals surface area contributed by atoms with Gasteiger partial charge in [-0.05, 0) is 41.4 Å². The molecular formula is C13H16BrN3. The van der Waals surface area contributed by atoms with E-state index in [2.05, 4.69) is 58.2 Å². The average molecular weight is 294 g/mol. The lowest BCUT2D eigenvalue weighted by molar-refractivity contribution is 1.01. The number of nitrogens with zero attached hydrogens (tertiary/aromatic N) is 2. The van der Waals surface area contributed by atoms with Crippen LogP contribution in [-0.2, 0) is 0 Å². The lowest BCUT2D eigenvalue weighted by atomic mass is 10.0. The molecule has 1 aromatic carbocycles. The number of benzene rings is 1. The van der Waals surface area contributed by atoms with E-state index < -0.39 is 0 Å². The van der Waals surface area contributed by atoms with Crippen LogP contribution in [-0.4, -0.2) is 24.3 Å². The van der Waals surface area contributed by atoms with Crippen LogP contribution in [0.3, 0.4) is 0 Å². The molecule has 1 heterocycles. The largest absolute Gasteiger partial charge is 0.360 e. The molecule has 0 fully saturated rings.